The molecule has 1 N–H and O–H groups in total. The predicted molar refractivity (Wildman–Crippen MR) is 95.0 cm³/mol. The van der Waals surface area contributed by atoms with Crippen molar-refractivity contribution in [3.05, 3.63) is 23.5 Å². The van der Waals surface area contributed by atoms with Crippen LogP contribution in [0.2, 0.25) is 0 Å². The number of hydrogen-bond acceptors (Lipinski definition) is 4. The first-order chi connectivity index (χ1) is 11.4. The molecule has 0 bridgehead atoms. The summed E-state index contributed by atoms with van der Waals surface area (Å²) in [6.45, 7) is 9.46. The van der Waals surface area contributed by atoms with Crippen LogP contribution in [0.25, 0.3) is 11.0 Å². The first-order valence-corrected chi connectivity index (χ1v) is 8.76. The van der Waals surface area contributed by atoms with E-state index in [0.29, 0.717) is 5.56 Å². The van der Waals surface area contributed by atoms with Crippen molar-refractivity contribution in [1.29, 1.82) is 0 Å². The van der Waals surface area contributed by atoms with Gasteiger partial charge in [0.1, 0.15) is 0 Å². The fraction of sp³-hybridized carbons (Fsp3) is 0.611. The normalized spacial score (nSPS) is 20.2. The zero-order valence-electron chi connectivity index (χ0n) is 15.0. The molecule has 6 nitrogen and oxygen atoms in total. The minimum atomic E-state index is -0.0646. The van der Waals surface area contributed by atoms with E-state index in [2.05, 4.69) is 34.1 Å². The molecular weight excluding hydrogens is 302 g/mol. The van der Waals surface area contributed by atoms with Gasteiger partial charge in [-0.25, -0.2) is 4.98 Å². The van der Waals surface area contributed by atoms with Gasteiger partial charge >= 0.3 is 0 Å². The van der Waals surface area contributed by atoms with E-state index in [-0.39, 0.29) is 11.9 Å². The van der Waals surface area contributed by atoms with Crippen LogP contribution in [-0.2, 0) is 7.05 Å². The van der Waals surface area contributed by atoms with Crippen LogP contribution >= 0.6 is 0 Å². The molecule has 24 heavy (non-hydrogen) atoms. The molecule has 1 aliphatic rings. The van der Waals surface area contributed by atoms with Gasteiger partial charge in [0.25, 0.3) is 5.91 Å². The second-order valence-corrected chi connectivity index (χ2v) is 7.19. The number of pyridine rings is 1. The summed E-state index contributed by atoms with van der Waals surface area (Å²) >= 11 is 0. The molecule has 1 aliphatic heterocycles. The van der Waals surface area contributed by atoms with Crippen molar-refractivity contribution < 1.29 is 4.79 Å². The van der Waals surface area contributed by atoms with Gasteiger partial charge in [-0.1, -0.05) is 6.92 Å². The van der Waals surface area contributed by atoms with Crippen molar-refractivity contribution >= 4 is 16.9 Å². The topological polar surface area (TPSA) is 63.1 Å². The van der Waals surface area contributed by atoms with Crippen LogP contribution in [0.4, 0.5) is 0 Å². The summed E-state index contributed by atoms with van der Waals surface area (Å²) < 4.78 is 1.74. The van der Waals surface area contributed by atoms with Crippen LogP contribution < -0.4 is 5.32 Å². The number of aryl methyl sites for hydroxylation is 2. The number of aromatic nitrogens is 3. The molecule has 6 heteroatoms. The maximum atomic E-state index is 12.5. The highest BCUT2D eigenvalue weighted by Gasteiger charge is 2.19. The van der Waals surface area contributed by atoms with Crippen molar-refractivity contribution in [2.75, 3.05) is 19.6 Å². The molecule has 1 fully saturated rings. The van der Waals surface area contributed by atoms with E-state index >= 15 is 0 Å². The molecule has 3 heterocycles. The quantitative estimate of drug-likeness (QED) is 0.933. The fourth-order valence-electron chi connectivity index (χ4n) is 3.62. The van der Waals surface area contributed by atoms with Crippen LogP contribution in [0.1, 0.15) is 42.7 Å². The fourth-order valence-corrected chi connectivity index (χ4v) is 3.62. The van der Waals surface area contributed by atoms with Crippen LogP contribution in [0.3, 0.4) is 0 Å². The molecule has 0 spiro atoms. The number of rotatable bonds is 4. The van der Waals surface area contributed by atoms with Gasteiger partial charge in [0.2, 0.25) is 0 Å². The van der Waals surface area contributed by atoms with E-state index < -0.39 is 0 Å². The van der Waals surface area contributed by atoms with E-state index in [1.807, 2.05) is 20.0 Å². The monoisotopic (exact) mass is 329 g/mol. The SMILES string of the molecule is Cc1nn(C)c2ncc(C(=O)N[C@@H](C)CN3CCC[C@H](C)C3)cc12. The van der Waals surface area contributed by atoms with Gasteiger partial charge in [-0.3, -0.25) is 9.48 Å². The van der Waals surface area contributed by atoms with Crippen molar-refractivity contribution in [2.24, 2.45) is 13.0 Å². The third kappa shape index (κ3) is 3.59. The summed E-state index contributed by atoms with van der Waals surface area (Å²) in [5, 5.41) is 8.39. The molecular formula is C18H27N5O. The van der Waals surface area contributed by atoms with E-state index in [4.69, 9.17) is 0 Å². The molecule has 1 saturated heterocycles. The van der Waals surface area contributed by atoms with E-state index in [1.54, 1.807) is 10.9 Å². The van der Waals surface area contributed by atoms with Crippen LogP contribution in [0, 0.1) is 12.8 Å². The van der Waals surface area contributed by atoms with Crippen molar-refractivity contribution in [3.8, 4) is 0 Å². The predicted octanol–water partition coefficient (Wildman–Crippen LogP) is 2.13. The Morgan fingerprint density at radius 2 is 2.29 bits per heavy atom. The average Bonchev–Trinajstić information content (AvgIpc) is 2.81. The van der Waals surface area contributed by atoms with Gasteiger partial charge in [0.15, 0.2) is 5.65 Å². The Morgan fingerprint density at radius 3 is 3.04 bits per heavy atom. The lowest BCUT2D eigenvalue weighted by Gasteiger charge is -2.32. The highest BCUT2D eigenvalue weighted by Crippen LogP contribution is 2.17. The van der Waals surface area contributed by atoms with Gasteiger partial charge in [-0.2, -0.15) is 5.10 Å². The minimum Gasteiger partial charge on any atom is -0.348 e. The van der Waals surface area contributed by atoms with Crippen LogP contribution in [0.15, 0.2) is 12.3 Å². The van der Waals surface area contributed by atoms with Crippen molar-refractivity contribution in [2.45, 2.75) is 39.7 Å². The highest BCUT2D eigenvalue weighted by molar-refractivity contribution is 5.97. The first kappa shape index (κ1) is 16.9. The maximum Gasteiger partial charge on any atom is 0.253 e. The van der Waals surface area contributed by atoms with Gasteiger partial charge < -0.3 is 10.2 Å². The van der Waals surface area contributed by atoms with Crippen LogP contribution in [0.5, 0.6) is 0 Å². The number of nitrogens with zero attached hydrogens (tertiary/aromatic N) is 4. The third-order valence-electron chi connectivity index (χ3n) is 4.78. The van der Waals surface area contributed by atoms with Gasteiger partial charge in [0, 0.05) is 37.8 Å². The summed E-state index contributed by atoms with van der Waals surface area (Å²) in [5.41, 5.74) is 2.29. The van der Waals surface area contributed by atoms with E-state index in [9.17, 15) is 4.79 Å². The number of fused-ring (bicyclic) bond motifs is 1. The molecule has 1 amide bonds. The summed E-state index contributed by atoms with van der Waals surface area (Å²) in [6, 6.07) is 2.00. The largest absolute Gasteiger partial charge is 0.348 e. The number of amides is 1. The second kappa shape index (κ2) is 6.89. The molecule has 130 valence electrons. The standard InChI is InChI=1S/C18H27N5O/c1-12-6-5-7-23(10-12)11-13(2)20-18(24)15-8-16-14(3)21-22(4)17(16)19-9-15/h8-9,12-13H,5-7,10-11H2,1-4H3,(H,20,24)/t12-,13-/m0/s1. The lowest BCUT2D eigenvalue weighted by Crippen LogP contribution is -2.45. The molecule has 2 atom stereocenters. The van der Waals surface area contributed by atoms with E-state index in [1.165, 1.54) is 12.8 Å². The number of piperidine rings is 1. The highest BCUT2D eigenvalue weighted by atomic mass is 16.1. The molecule has 0 unspecified atom stereocenters. The molecule has 2 aromatic heterocycles. The summed E-state index contributed by atoms with van der Waals surface area (Å²) in [7, 11) is 1.86. The lowest BCUT2D eigenvalue weighted by molar-refractivity contribution is 0.0920. The third-order valence-corrected chi connectivity index (χ3v) is 4.78. The van der Waals surface area contributed by atoms with Crippen LogP contribution in [-0.4, -0.2) is 51.2 Å². The number of hydrogen-bond donors (Lipinski definition) is 1. The zero-order valence-corrected chi connectivity index (χ0v) is 15.0. The maximum absolute atomic E-state index is 12.5. The molecule has 0 saturated carbocycles. The zero-order chi connectivity index (χ0) is 17.3. The first-order valence-electron chi connectivity index (χ1n) is 8.76. The average molecular weight is 329 g/mol. The van der Waals surface area contributed by atoms with Gasteiger partial charge in [0.05, 0.1) is 11.3 Å². The molecule has 0 radical (unpaired) electrons. The second-order valence-electron chi connectivity index (χ2n) is 7.19. The van der Waals surface area contributed by atoms with Crippen molar-refractivity contribution in [3.63, 3.8) is 0 Å². The Balaban J connectivity index is 1.64. The number of likely N-dealkylation sites (tertiary alicyclic amines) is 1. The van der Waals surface area contributed by atoms with E-state index in [0.717, 1.165) is 42.3 Å². The Hall–Kier alpha value is -1.95. The summed E-state index contributed by atoms with van der Waals surface area (Å²) in [6.07, 6.45) is 4.20. The van der Waals surface area contributed by atoms with Crippen molar-refractivity contribution in [1.82, 2.24) is 25.0 Å². The molecule has 2 aromatic rings. The lowest BCUT2D eigenvalue weighted by atomic mass is 10.00. The molecule has 3 rings (SSSR count). The number of carbonyl (C=O) groups excluding carboxylic acids is 1. The summed E-state index contributed by atoms with van der Waals surface area (Å²) in [4.78, 5) is 19.4. The van der Waals surface area contributed by atoms with Gasteiger partial charge in [-0.05, 0) is 45.2 Å². The summed E-state index contributed by atoms with van der Waals surface area (Å²) in [5.74, 6) is 0.687. The molecule has 0 aliphatic carbocycles. The Labute approximate surface area is 143 Å². The Bertz CT molecular complexity index is 738. The minimum absolute atomic E-state index is 0.0646. The number of carbonyl (C=O) groups is 1. The Morgan fingerprint density at radius 1 is 1.50 bits per heavy atom. The Kier molecular flexibility index (Phi) is 4.85. The van der Waals surface area contributed by atoms with Gasteiger partial charge in [-0.15, -0.1) is 0 Å². The molecule has 0 aromatic carbocycles. The smallest absolute Gasteiger partial charge is 0.253 e. The number of nitrogens with one attached hydrogen (secondary N) is 1.